The maximum atomic E-state index is 11.8. The summed E-state index contributed by atoms with van der Waals surface area (Å²) in [6, 6.07) is -1.04. The molecule has 1 fully saturated rings. The first-order valence-corrected chi connectivity index (χ1v) is 7.11. The van der Waals surface area contributed by atoms with E-state index in [0.29, 0.717) is 11.8 Å². The molecule has 3 unspecified atom stereocenters. The summed E-state index contributed by atoms with van der Waals surface area (Å²) < 4.78 is 0. The van der Waals surface area contributed by atoms with Gasteiger partial charge >= 0.3 is 12.0 Å². The third-order valence-corrected chi connectivity index (χ3v) is 4.15. The number of amides is 2. The van der Waals surface area contributed by atoms with Gasteiger partial charge in [-0.05, 0) is 37.0 Å². The topological polar surface area (TPSA) is 78.4 Å². The summed E-state index contributed by atoms with van der Waals surface area (Å²) in [5.74, 6) is 0.173. The maximum absolute atomic E-state index is 11.8. The molecule has 0 aromatic carbocycles. The summed E-state index contributed by atoms with van der Waals surface area (Å²) in [5.41, 5.74) is 0. The Bertz CT molecular complexity index is 331. The monoisotopic (exact) mass is 270 g/mol. The van der Waals surface area contributed by atoms with Gasteiger partial charge in [0.1, 0.15) is 6.04 Å². The van der Waals surface area contributed by atoms with Gasteiger partial charge in [-0.25, -0.2) is 9.59 Å². The standard InChI is InChI=1S/C14H26N2O3/c1-8(2)12(13(17)18)16-14(19)15-11-6-5-9(3)10(4)7-11/h8-12H,5-7H2,1-4H3,(H,17,18)(H2,15,16,19)/t9?,10?,11?,12-/m0/s1. The van der Waals surface area contributed by atoms with Crippen molar-refractivity contribution < 1.29 is 14.7 Å². The van der Waals surface area contributed by atoms with E-state index in [1.165, 1.54) is 0 Å². The molecule has 19 heavy (non-hydrogen) atoms. The van der Waals surface area contributed by atoms with E-state index in [1.54, 1.807) is 13.8 Å². The van der Waals surface area contributed by atoms with E-state index in [-0.39, 0.29) is 18.0 Å². The zero-order chi connectivity index (χ0) is 14.6. The number of carboxylic acids is 1. The molecule has 0 aromatic rings. The summed E-state index contributed by atoms with van der Waals surface area (Å²) >= 11 is 0. The van der Waals surface area contributed by atoms with Crippen molar-refractivity contribution in [1.29, 1.82) is 0 Å². The van der Waals surface area contributed by atoms with Gasteiger partial charge in [0.2, 0.25) is 0 Å². The van der Waals surface area contributed by atoms with Crippen molar-refractivity contribution in [2.24, 2.45) is 17.8 Å². The van der Waals surface area contributed by atoms with Crippen molar-refractivity contribution in [3.8, 4) is 0 Å². The van der Waals surface area contributed by atoms with E-state index in [4.69, 9.17) is 5.11 Å². The lowest BCUT2D eigenvalue weighted by molar-refractivity contribution is -0.140. The van der Waals surface area contributed by atoms with Crippen LogP contribution in [-0.2, 0) is 4.79 Å². The van der Waals surface area contributed by atoms with Crippen LogP contribution in [0.3, 0.4) is 0 Å². The van der Waals surface area contributed by atoms with Crippen molar-refractivity contribution in [3.05, 3.63) is 0 Å². The predicted octanol–water partition coefficient (Wildman–Crippen LogP) is 2.22. The number of hydrogen-bond acceptors (Lipinski definition) is 2. The molecule has 0 saturated heterocycles. The van der Waals surface area contributed by atoms with Gasteiger partial charge in [0.15, 0.2) is 0 Å². The van der Waals surface area contributed by atoms with Gasteiger partial charge in [-0.1, -0.05) is 27.7 Å². The van der Waals surface area contributed by atoms with Crippen LogP contribution in [0.15, 0.2) is 0 Å². The van der Waals surface area contributed by atoms with Gasteiger partial charge in [-0.3, -0.25) is 0 Å². The van der Waals surface area contributed by atoms with Crippen molar-refractivity contribution in [2.75, 3.05) is 0 Å². The van der Waals surface area contributed by atoms with Gasteiger partial charge in [-0.2, -0.15) is 0 Å². The minimum absolute atomic E-state index is 0.131. The number of rotatable bonds is 4. The highest BCUT2D eigenvalue weighted by atomic mass is 16.4. The first kappa shape index (κ1) is 15.8. The molecule has 2 amide bonds. The highest BCUT2D eigenvalue weighted by molar-refractivity contribution is 5.82. The molecule has 5 heteroatoms. The molecule has 0 radical (unpaired) electrons. The second-order valence-electron chi connectivity index (χ2n) is 6.14. The molecule has 3 N–H and O–H groups in total. The Kier molecular flexibility index (Phi) is 5.63. The van der Waals surface area contributed by atoms with E-state index < -0.39 is 12.0 Å². The van der Waals surface area contributed by atoms with Crippen LogP contribution in [0.2, 0.25) is 0 Å². The number of carbonyl (C=O) groups is 2. The quantitative estimate of drug-likeness (QED) is 0.733. The first-order chi connectivity index (χ1) is 8.81. The Morgan fingerprint density at radius 1 is 1.16 bits per heavy atom. The van der Waals surface area contributed by atoms with Gasteiger partial charge < -0.3 is 15.7 Å². The van der Waals surface area contributed by atoms with Crippen LogP contribution in [0.1, 0.15) is 47.0 Å². The van der Waals surface area contributed by atoms with Crippen LogP contribution in [0.4, 0.5) is 4.79 Å². The van der Waals surface area contributed by atoms with Crippen molar-refractivity contribution in [1.82, 2.24) is 10.6 Å². The third-order valence-electron chi connectivity index (χ3n) is 4.15. The molecule has 0 aromatic heterocycles. The number of urea groups is 1. The fraction of sp³-hybridized carbons (Fsp3) is 0.857. The Morgan fingerprint density at radius 3 is 2.26 bits per heavy atom. The first-order valence-electron chi connectivity index (χ1n) is 7.11. The number of carbonyl (C=O) groups excluding carboxylic acids is 1. The molecule has 0 heterocycles. The minimum atomic E-state index is -0.990. The number of aliphatic carboxylic acids is 1. The predicted molar refractivity (Wildman–Crippen MR) is 73.9 cm³/mol. The van der Waals surface area contributed by atoms with Crippen LogP contribution in [0.25, 0.3) is 0 Å². The Balaban J connectivity index is 2.44. The molecular weight excluding hydrogens is 244 g/mol. The highest BCUT2D eigenvalue weighted by Gasteiger charge is 2.28. The SMILES string of the molecule is CC1CCC(NC(=O)N[C@H](C(=O)O)C(C)C)CC1C. The zero-order valence-corrected chi connectivity index (χ0v) is 12.3. The zero-order valence-electron chi connectivity index (χ0n) is 12.3. The lowest BCUT2D eigenvalue weighted by atomic mass is 9.79. The number of carboxylic acid groups (broad SMARTS) is 1. The summed E-state index contributed by atoms with van der Waals surface area (Å²) in [5, 5.41) is 14.5. The fourth-order valence-corrected chi connectivity index (χ4v) is 2.56. The molecule has 0 aliphatic heterocycles. The average molecular weight is 270 g/mol. The van der Waals surface area contributed by atoms with Crippen molar-refractivity contribution in [3.63, 3.8) is 0 Å². The molecule has 0 spiro atoms. The summed E-state index contributed by atoms with van der Waals surface area (Å²) in [6.07, 6.45) is 3.05. The van der Waals surface area contributed by atoms with Gasteiger partial charge in [0, 0.05) is 6.04 Å². The van der Waals surface area contributed by atoms with Crippen LogP contribution >= 0.6 is 0 Å². The Labute approximate surface area is 115 Å². The molecular formula is C14H26N2O3. The summed E-state index contributed by atoms with van der Waals surface area (Å²) in [4.78, 5) is 22.9. The van der Waals surface area contributed by atoms with Crippen molar-refractivity contribution >= 4 is 12.0 Å². The molecule has 110 valence electrons. The van der Waals surface area contributed by atoms with Gasteiger partial charge in [0.25, 0.3) is 0 Å². The largest absolute Gasteiger partial charge is 0.480 e. The third kappa shape index (κ3) is 4.73. The normalized spacial score (nSPS) is 28.8. The minimum Gasteiger partial charge on any atom is -0.480 e. The molecule has 1 aliphatic rings. The lowest BCUT2D eigenvalue weighted by Crippen LogP contribution is -2.52. The van der Waals surface area contributed by atoms with E-state index in [0.717, 1.165) is 19.3 Å². The molecule has 1 rings (SSSR count). The number of nitrogens with one attached hydrogen (secondary N) is 2. The fourth-order valence-electron chi connectivity index (χ4n) is 2.56. The highest BCUT2D eigenvalue weighted by Crippen LogP contribution is 2.29. The van der Waals surface area contributed by atoms with Crippen LogP contribution < -0.4 is 10.6 Å². The van der Waals surface area contributed by atoms with E-state index >= 15 is 0 Å². The number of hydrogen-bond donors (Lipinski definition) is 3. The molecule has 1 saturated carbocycles. The molecule has 1 aliphatic carbocycles. The lowest BCUT2D eigenvalue weighted by Gasteiger charge is -2.32. The summed E-state index contributed by atoms with van der Waals surface area (Å²) in [7, 11) is 0. The van der Waals surface area contributed by atoms with E-state index in [2.05, 4.69) is 24.5 Å². The van der Waals surface area contributed by atoms with Gasteiger partial charge in [-0.15, -0.1) is 0 Å². The smallest absolute Gasteiger partial charge is 0.326 e. The van der Waals surface area contributed by atoms with Crippen LogP contribution in [0.5, 0.6) is 0 Å². The van der Waals surface area contributed by atoms with Crippen LogP contribution in [-0.4, -0.2) is 29.2 Å². The van der Waals surface area contributed by atoms with Crippen LogP contribution in [0, 0.1) is 17.8 Å². The molecule has 4 atom stereocenters. The second-order valence-corrected chi connectivity index (χ2v) is 6.14. The van der Waals surface area contributed by atoms with Crippen molar-refractivity contribution in [2.45, 2.75) is 59.0 Å². The summed E-state index contributed by atoms with van der Waals surface area (Å²) in [6.45, 7) is 8.00. The maximum Gasteiger partial charge on any atom is 0.326 e. The van der Waals surface area contributed by atoms with E-state index in [9.17, 15) is 9.59 Å². The average Bonchev–Trinajstić information content (AvgIpc) is 2.30. The Morgan fingerprint density at radius 2 is 1.79 bits per heavy atom. The van der Waals surface area contributed by atoms with Gasteiger partial charge in [0.05, 0.1) is 0 Å². The molecule has 0 bridgehead atoms. The second kappa shape index (κ2) is 6.78. The Hall–Kier alpha value is -1.26. The molecule has 5 nitrogen and oxygen atoms in total. The van der Waals surface area contributed by atoms with E-state index in [1.807, 2.05) is 0 Å².